The van der Waals surface area contributed by atoms with E-state index in [1.54, 1.807) is 0 Å². The minimum atomic E-state index is -0.747. The van der Waals surface area contributed by atoms with Gasteiger partial charge in [0.2, 0.25) is 5.95 Å². The van der Waals surface area contributed by atoms with Crippen LogP contribution in [-0.2, 0) is 6.54 Å². The number of hydrogen-bond acceptors (Lipinski definition) is 3. The largest absolute Gasteiger partial charge is 0.352 e. The molecule has 0 atom stereocenters. The second-order valence-electron chi connectivity index (χ2n) is 4.60. The van der Waals surface area contributed by atoms with Crippen LogP contribution in [0, 0.1) is 19.8 Å². The fraction of sp³-hybridized carbons (Fsp3) is 0.357. The topological polar surface area (TPSA) is 59.8 Å². The van der Waals surface area contributed by atoms with Crippen LogP contribution in [0.5, 0.6) is 0 Å². The predicted molar refractivity (Wildman–Crippen MR) is 72.8 cm³/mol. The van der Waals surface area contributed by atoms with Gasteiger partial charge in [0.25, 0.3) is 5.91 Å². The van der Waals surface area contributed by atoms with Gasteiger partial charge >= 0.3 is 0 Å². The van der Waals surface area contributed by atoms with Gasteiger partial charge in [-0.25, -0.2) is 4.98 Å². The minimum absolute atomic E-state index is 0.0291. The molecule has 2 heterocycles. The monoisotopic (exact) mass is 276 g/mol. The first-order valence-corrected chi connectivity index (χ1v) is 6.47. The minimum Gasteiger partial charge on any atom is -0.352 e. The Hall–Kier alpha value is -2.24. The molecule has 0 saturated carbocycles. The zero-order valence-electron chi connectivity index (χ0n) is 11.6. The first kappa shape index (κ1) is 14.2. The summed E-state index contributed by atoms with van der Waals surface area (Å²) in [7, 11) is 0. The second-order valence-corrected chi connectivity index (χ2v) is 4.60. The summed E-state index contributed by atoms with van der Waals surface area (Å²) in [6.45, 7) is 5.11. The van der Waals surface area contributed by atoms with Gasteiger partial charge in [0.1, 0.15) is 0 Å². The van der Waals surface area contributed by atoms with Crippen LogP contribution in [0.3, 0.4) is 0 Å². The number of amides is 1. The molecule has 0 aliphatic heterocycles. The maximum absolute atomic E-state index is 13.3. The number of pyridine rings is 1. The van der Waals surface area contributed by atoms with E-state index in [0.717, 1.165) is 24.4 Å². The van der Waals surface area contributed by atoms with Crippen LogP contribution >= 0.6 is 0 Å². The van der Waals surface area contributed by atoms with Crippen LogP contribution in [0.4, 0.5) is 4.39 Å². The molecule has 0 bridgehead atoms. The highest BCUT2D eigenvalue weighted by Gasteiger charge is 2.11. The number of aromatic nitrogens is 3. The molecular weight excluding hydrogens is 259 g/mol. The third-order valence-electron chi connectivity index (χ3n) is 2.94. The lowest BCUT2D eigenvalue weighted by atomic mass is 10.2. The average molecular weight is 276 g/mol. The zero-order valence-corrected chi connectivity index (χ0v) is 11.6. The number of nitrogens with one attached hydrogen (secondary N) is 1. The Morgan fingerprint density at radius 1 is 1.45 bits per heavy atom. The molecule has 2 rings (SSSR count). The fourth-order valence-corrected chi connectivity index (χ4v) is 1.98. The maximum Gasteiger partial charge on any atom is 0.255 e. The number of carbonyl (C=O) groups is 1. The molecule has 1 amide bonds. The number of carbonyl (C=O) groups excluding carboxylic acids is 1. The van der Waals surface area contributed by atoms with E-state index >= 15 is 0 Å². The molecule has 0 aliphatic rings. The van der Waals surface area contributed by atoms with Crippen LogP contribution in [0.1, 0.15) is 28.2 Å². The molecule has 0 spiro atoms. The van der Waals surface area contributed by atoms with Crippen molar-refractivity contribution in [2.45, 2.75) is 26.8 Å². The SMILES string of the molecule is Cc1cc(C)n(CCCNC(=O)c2cccnc2F)n1. The maximum atomic E-state index is 13.3. The van der Waals surface area contributed by atoms with Gasteiger partial charge in [0.15, 0.2) is 0 Å². The van der Waals surface area contributed by atoms with Gasteiger partial charge < -0.3 is 5.32 Å². The lowest BCUT2D eigenvalue weighted by Gasteiger charge is -2.07. The first-order chi connectivity index (χ1) is 9.58. The van der Waals surface area contributed by atoms with Crippen molar-refractivity contribution in [3.63, 3.8) is 0 Å². The summed E-state index contributed by atoms with van der Waals surface area (Å²) >= 11 is 0. The second kappa shape index (κ2) is 6.27. The lowest BCUT2D eigenvalue weighted by molar-refractivity contribution is 0.0947. The summed E-state index contributed by atoms with van der Waals surface area (Å²) in [4.78, 5) is 15.2. The fourth-order valence-electron chi connectivity index (χ4n) is 1.98. The number of nitrogens with zero attached hydrogens (tertiary/aromatic N) is 3. The molecule has 0 radical (unpaired) electrons. The summed E-state index contributed by atoms with van der Waals surface area (Å²) in [5, 5.41) is 7.01. The Balaban J connectivity index is 1.80. The van der Waals surface area contributed by atoms with E-state index < -0.39 is 11.9 Å². The summed E-state index contributed by atoms with van der Waals surface area (Å²) in [5.41, 5.74) is 2.04. The highest BCUT2D eigenvalue weighted by molar-refractivity contribution is 5.94. The Kier molecular flexibility index (Phi) is 4.45. The molecular formula is C14H17FN4O. The molecule has 5 nitrogen and oxygen atoms in total. The molecule has 1 N–H and O–H groups in total. The Bertz CT molecular complexity index is 609. The van der Waals surface area contributed by atoms with Gasteiger partial charge in [-0.1, -0.05) is 0 Å². The van der Waals surface area contributed by atoms with Crippen molar-refractivity contribution in [2.24, 2.45) is 0 Å². The first-order valence-electron chi connectivity index (χ1n) is 6.47. The van der Waals surface area contributed by atoms with Crippen LogP contribution in [-0.4, -0.2) is 27.2 Å². The highest BCUT2D eigenvalue weighted by Crippen LogP contribution is 2.04. The van der Waals surface area contributed by atoms with Crippen LogP contribution < -0.4 is 5.32 Å². The predicted octanol–water partition coefficient (Wildman–Crippen LogP) is 1.85. The molecule has 2 aromatic rings. The van der Waals surface area contributed by atoms with Gasteiger partial charge in [-0.2, -0.15) is 9.49 Å². The van der Waals surface area contributed by atoms with Crippen LogP contribution in [0.15, 0.2) is 24.4 Å². The van der Waals surface area contributed by atoms with Crippen molar-refractivity contribution in [1.82, 2.24) is 20.1 Å². The summed E-state index contributed by atoms with van der Waals surface area (Å²) in [6.07, 6.45) is 2.05. The molecule has 0 fully saturated rings. The summed E-state index contributed by atoms with van der Waals surface area (Å²) in [5.74, 6) is -1.19. The Morgan fingerprint density at radius 2 is 2.25 bits per heavy atom. The molecule has 106 valence electrons. The van der Waals surface area contributed by atoms with Crippen molar-refractivity contribution >= 4 is 5.91 Å². The number of rotatable bonds is 5. The molecule has 6 heteroatoms. The quantitative estimate of drug-likeness (QED) is 0.669. The van der Waals surface area contributed by atoms with Crippen molar-refractivity contribution in [1.29, 1.82) is 0 Å². The van der Waals surface area contributed by atoms with Crippen molar-refractivity contribution < 1.29 is 9.18 Å². The van der Waals surface area contributed by atoms with E-state index in [1.807, 2.05) is 24.6 Å². The van der Waals surface area contributed by atoms with Crippen LogP contribution in [0.25, 0.3) is 0 Å². The smallest absolute Gasteiger partial charge is 0.255 e. The molecule has 0 aromatic carbocycles. The van der Waals surface area contributed by atoms with Crippen molar-refractivity contribution in [3.8, 4) is 0 Å². The molecule has 20 heavy (non-hydrogen) atoms. The molecule has 0 saturated heterocycles. The molecule has 0 aliphatic carbocycles. The standard InChI is InChI=1S/C14H17FN4O/c1-10-9-11(2)19(18-10)8-4-7-17-14(20)12-5-3-6-16-13(12)15/h3,5-6,9H,4,7-8H2,1-2H3,(H,17,20). The zero-order chi connectivity index (χ0) is 14.5. The van der Waals surface area contributed by atoms with Gasteiger partial charge in [-0.15, -0.1) is 0 Å². The highest BCUT2D eigenvalue weighted by atomic mass is 19.1. The van der Waals surface area contributed by atoms with E-state index in [2.05, 4.69) is 15.4 Å². The van der Waals surface area contributed by atoms with Crippen molar-refractivity contribution in [3.05, 3.63) is 47.3 Å². The molecule has 0 unspecified atom stereocenters. The van der Waals surface area contributed by atoms with Gasteiger partial charge in [-0.05, 0) is 38.5 Å². The normalized spacial score (nSPS) is 10.6. The summed E-state index contributed by atoms with van der Waals surface area (Å²) < 4.78 is 15.2. The van der Waals surface area contributed by atoms with Gasteiger partial charge in [-0.3, -0.25) is 9.48 Å². The third-order valence-corrected chi connectivity index (χ3v) is 2.94. The van der Waals surface area contributed by atoms with Crippen molar-refractivity contribution in [2.75, 3.05) is 6.54 Å². The van der Waals surface area contributed by atoms with E-state index in [4.69, 9.17) is 0 Å². The van der Waals surface area contributed by atoms with E-state index in [0.29, 0.717) is 6.54 Å². The van der Waals surface area contributed by atoms with E-state index in [-0.39, 0.29) is 5.56 Å². The third kappa shape index (κ3) is 3.40. The Labute approximate surface area is 116 Å². The molecule has 2 aromatic heterocycles. The van der Waals surface area contributed by atoms with Crippen LogP contribution in [0.2, 0.25) is 0 Å². The number of hydrogen-bond donors (Lipinski definition) is 1. The summed E-state index contributed by atoms with van der Waals surface area (Å²) in [6, 6.07) is 4.95. The Morgan fingerprint density at radius 3 is 2.90 bits per heavy atom. The van der Waals surface area contributed by atoms with Gasteiger partial charge in [0, 0.05) is 25.0 Å². The number of halogens is 1. The van der Waals surface area contributed by atoms with E-state index in [9.17, 15) is 9.18 Å². The lowest BCUT2D eigenvalue weighted by Crippen LogP contribution is -2.26. The number of aryl methyl sites for hydroxylation is 3. The average Bonchev–Trinajstić information content (AvgIpc) is 2.73. The van der Waals surface area contributed by atoms with E-state index in [1.165, 1.54) is 18.3 Å². The van der Waals surface area contributed by atoms with Gasteiger partial charge in [0.05, 0.1) is 11.3 Å².